The first-order chi connectivity index (χ1) is 11.5. The van der Waals surface area contributed by atoms with Gasteiger partial charge in [-0.25, -0.2) is 4.79 Å². The smallest absolute Gasteiger partial charge is 0.330 e. The van der Waals surface area contributed by atoms with E-state index in [2.05, 4.69) is 16.7 Å². The van der Waals surface area contributed by atoms with Crippen LogP contribution in [0.5, 0.6) is 0 Å². The van der Waals surface area contributed by atoms with Gasteiger partial charge < -0.3 is 4.74 Å². The van der Waals surface area contributed by atoms with E-state index in [4.69, 9.17) is 4.74 Å². The highest BCUT2D eigenvalue weighted by Crippen LogP contribution is 2.14. The van der Waals surface area contributed by atoms with E-state index in [1.807, 2.05) is 6.92 Å². The molecule has 0 aliphatic carbocycles. The first-order valence-electron chi connectivity index (χ1n) is 8.78. The first kappa shape index (κ1) is 18.9. The fourth-order valence-corrected chi connectivity index (χ4v) is 3.27. The minimum absolute atomic E-state index is 0.240. The summed E-state index contributed by atoms with van der Waals surface area (Å²) in [5.41, 5.74) is 0.274. The van der Waals surface area contributed by atoms with Crippen LogP contribution in [0, 0.1) is 0 Å². The van der Waals surface area contributed by atoms with Gasteiger partial charge in [-0.3, -0.25) is 23.7 Å². The summed E-state index contributed by atoms with van der Waals surface area (Å²) < 4.78 is 8.19. The molecular weight excluding hydrogens is 308 g/mol. The summed E-state index contributed by atoms with van der Waals surface area (Å²) in [6.45, 7) is 10.2. The van der Waals surface area contributed by atoms with E-state index < -0.39 is 0 Å². The number of hydrogen-bond acceptors (Lipinski definition) is 5. The second kappa shape index (κ2) is 8.60. The molecule has 1 aliphatic rings. The van der Waals surface area contributed by atoms with Gasteiger partial charge in [-0.15, -0.1) is 0 Å². The Bertz CT molecular complexity index is 652. The molecular formula is C17H30N4O3. The van der Waals surface area contributed by atoms with Gasteiger partial charge in [-0.05, 0) is 13.3 Å². The number of hydrogen-bond donors (Lipinski definition) is 0. The van der Waals surface area contributed by atoms with Gasteiger partial charge in [-0.2, -0.15) is 0 Å². The average Bonchev–Trinajstić information content (AvgIpc) is 2.59. The molecule has 1 aromatic rings. The summed E-state index contributed by atoms with van der Waals surface area (Å²) in [6.07, 6.45) is 1.08. The van der Waals surface area contributed by atoms with Crippen molar-refractivity contribution in [3.63, 3.8) is 0 Å². The topological polar surface area (TPSA) is 59.7 Å². The minimum Gasteiger partial charge on any atom is -0.380 e. The summed E-state index contributed by atoms with van der Waals surface area (Å²) in [6, 6.07) is 2.06. The van der Waals surface area contributed by atoms with Gasteiger partial charge in [0.25, 0.3) is 5.56 Å². The van der Waals surface area contributed by atoms with E-state index in [0.717, 1.165) is 56.1 Å². The highest BCUT2D eigenvalue weighted by molar-refractivity contribution is 5.03. The van der Waals surface area contributed by atoms with Crippen LogP contribution >= 0.6 is 0 Å². The van der Waals surface area contributed by atoms with Gasteiger partial charge in [0.2, 0.25) is 0 Å². The third-order valence-corrected chi connectivity index (χ3v) is 4.90. The van der Waals surface area contributed by atoms with Gasteiger partial charge in [0.1, 0.15) is 0 Å². The molecule has 7 nitrogen and oxygen atoms in total. The Labute approximate surface area is 143 Å². The predicted octanol–water partition coefficient (Wildman–Crippen LogP) is 0.0167. The minimum atomic E-state index is -0.264. The molecule has 1 saturated heterocycles. The van der Waals surface area contributed by atoms with Crippen LogP contribution in [0.25, 0.3) is 0 Å². The maximum absolute atomic E-state index is 12.1. The number of aromatic nitrogens is 2. The van der Waals surface area contributed by atoms with Crippen LogP contribution in [0.2, 0.25) is 0 Å². The zero-order valence-corrected chi connectivity index (χ0v) is 15.3. The second-order valence-electron chi connectivity index (χ2n) is 6.40. The van der Waals surface area contributed by atoms with Crippen LogP contribution in [0.1, 0.15) is 26.0 Å². The summed E-state index contributed by atoms with van der Waals surface area (Å²) in [5.74, 6) is 0. The summed E-state index contributed by atoms with van der Waals surface area (Å²) in [7, 11) is 3.24. The van der Waals surface area contributed by atoms with Crippen molar-refractivity contribution in [2.24, 2.45) is 14.1 Å². The monoisotopic (exact) mass is 338 g/mol. The van der Waals surface area contributed by atoms with Crippen molar-refractivity contribution < 1.29 is 4.74 Å². The lowest BCUT2D eigenvalue weighted by molar-refractivity contribution is 0.0377. The number of piperazine rings is 1. The van der Waals surface area contributed by atoms with E-state index in [1.165, 1.54) is 7.05 Å². The Morgan fingerprint density at radius 1 is 1.17 bits per heavy atom. The van der Waals surface area contributed by atoms with Gasteiger partial charge in [0.05, 0.1) is 6.61 Å². The molecule has 2 heterocycles. The Hall–Kier alpha value is -1.44. The van der Waals surface area contributed by atoms with Crippen molar-refractivity contribution >= 4 is 0 Å². The van der Waals surface area contributed by atoms with Crippen molar-refractivity contribution in [3.8, 4) is 0 Å². The molecule has 0 spiro atoms. The molecule has 1 unspecified atom stereocenters. The van der Waals surface area contributed by atoms with Crippen LogP contribution in [0.3, 0.4) is 0 Å². The fraction of sp³-hybridized carbons (Fsp3) is 0.765. The van der Waals surface area contributed by atoms with Crippen LogP contribution in [0.15, 0.2) is 15.7 Å². The van der Waals surface area contributed by atoms with Gasteiger partial charge in [0.15, 0.2) is 0 Å². The standard InChI is InChI=1S/C17H30N4O3/c1-5-14-12-20(7-8-21(14)9-10-24-6-2)13-15-11-16(22)19(4)17(23)18(15)3/h11,14H,5-10,12-13H2,1-4H3. The number of nitrogens with zero attached hydrogens (tertiary/aromatic N) is 4. The SMILES string of the molecule is CCOCCN1CCN(Cc2cc(=O)n(C)c(=O)n2C)CC1CC. The Kier molecular flexibility index (Phi) is 6.77. The Morgan fingerprint density at radius 2 is 1.92 bits per heavy atom. The molecule has 7 heteroatoms. The second-order valence-corrected chi connectivity index (χ2v) is 6.40. The Morgan fingerprint density at radius 3 is 2.58 bits per heavy atom. The van der Waals surface area contributed by atoms with Gasteiger partial charge in [-0.1, -0.05) is 6.92 Å². The lowest BCUT2D eigenvalue weighted by Crippen LogP contribution is -2.53. The molecule has 136 valence electrons. The zero-order valence-electron chi connectivity index (χ0n) is 15.3. The maximum atomic E-state index is 12.1. The number of ether oxygens (including phenoxy) is 1. The predicted molar refractivity (Wildman–Crippen MR) is 94.3 cm³/mol. The lowest BCUT2D eigenvalue weighted by atomic mass is 10.1. The highest BCUT2D eigenvalue weighted by atomic mass is 16.5. The van der Waals surface area contributed by atoms with E-state index >= 15 is 0 Å². The molecule has 0 saturated carbocycles. The van der Waals surface area contributed by atoms with E-state index in [9.17, 15) is 9.59 Å². The number of rotatable bonds is 7. The van der Waals surface area contributed by atoms with E-state index in [1.54, 1.807) is 17.7 Å². The molecule has 2 rings (SSSR count). The largest absolute Gasteiger partial charge is 0.380 e. The molecule has 1 fully saturated rings. The van der Waals surface area contributed by atoms with Crippen LogP contribution < -0.4 is 11.2 Å². The summed E-state index contributed by atoms with van der Waals surface area (Å²) in [5, 5.41) is 0. The maximum Gasteiger partial charge on any atom is 0.330 e. The molecule has 0 amide bonds. The van der Waals surface area contributed by atoms with Crippen LogP contribution in [-0.4, -0.2) is 64.4 Å². The molecule has 1 atom stereocenters. The summed E-state index contributed by atoms with van der Waals surface area (Å²) >= 11 is 0. The van der Waals surface area contributed by atoms with Crippen molar-refractivity contribution in [2.75, 3.05) is 39.4 Å². The molecule has 1 aliphatic heterocycles. The lowest BCUT2D eigenvalue weighted by Gasteiger charge is -2.41. The third kappa shape index (κ3) is 4.34. The zero-order chi connectivity index (χ0) is 17.7. The third-order valence-electron chi connectivity index (χ3n) is 4.90. The Balaban J connectivity index is 2.03. The first-order valence-corrected chi connectivity index (χ1v) is 8.78. The molecule has 0 N–H and O–H groups in total. The van der Waals surface area contributed by atoms with Crippen molar-refractivity contribution in [3.05, 3.63) is 32.6 Å². The summed E-state index contributed by atoms with van der Waals surface area (Å²) in [4.78, 5) is 28.8. The molecule has 0 bridgehead atoms. The normalized spacial score (nSPS) is 19.8. The highest BCUT2D eigenvalue weighted by Gasteiger charge is 2.26. The molecule has 1 aromatic heterocycles. The average molecular weight is 338 g/mol. The molecule has 0 aromatic carbocycles. The fourth-order valence-electron chi connectivity index (χ4n) is 3.27. The van der Waals surface area contributed by atoms with E-state index in [0.29, 0.717) is 12.6 Å². The van der Waals surface area contributed by atoms with Crippen molar-refractivity contribution in [1.29, 1.82) is 0 Å². The van der Waals surface area contributed by atoms with E-state index in [-0.39, 0.29) is 11.2 Å². The molecule has 24 heavy (non-hydrogen) atoms. The van der Waals surface area contributed by atoms with Gasteiger partial charge >= 0.3 is 5.69 Å². The quantitative estimate of drug-likeness (QED) is 0.656. The van der Waals surface area contributed by atoms with Gasteiger partial charge in [0, 0.05) is 71.2 Å². The van der Waals surface area contributed by atoms with Crippen molar-refractivity contribution in [1.82, 2.24) is 18.9 Å². The molecule has 0 radical (unpaired) electrons. The van der Waals surface area contributed by atoms with Crippen molar-refractivity contribution in [2.45, 2.75) is 32.9 Å². The van der Waals surface area contributed by atoms with Crippen LogP contribution in [0.4, 0.5) is 0 Å². The van der Waals surface area contributed by atoms with Crippen LogP contribution in [-0.2, 0) is 25.4 Å².